The van der Waals surface area contributed by atoms with Gasteiger partial charge in [0.25, 0.3) is 0 Å². The molecular weight excluding hydrogens is 218 g/mol. The molecule has 2 aliphatic rings. The van der Waals surface area contributed by atoms with E-state index in [2.05, 4.69) is 43.4 Å². The molecule has 0 amide bonds. The fraction of sp³-hybridized carbons (Fsp3) is 0.647. The molecule has 3 rings (SSSR count). The van der Waals surface area contributed by atoms with E-state index in [1.165, 1.54) is 25.8 Å². The first kappa shape index (κ1) is 12.2. The Labute approximate surface area is 111 Å². The molecule has 1 aromatic rings. The average molecular weight is 243 g/mol. The molecule has 98 valence electrons. The molecule has 0 spiro atoms. The minimum absolute atomic E-state index is 0.764. The van der Waals surface area contributed by atoms with Crippen molar-refractivity contribution in [1.29, 1.82) is 0 Å². The molecule has 0 radical (unpaired) electrons. The Bertz CT molecular complexity index is 406. The highest BCUT2D eigenvalue weighted by atomic mass is 14.9. The van der Waals surface area contributed by atoms with Crippen molar-refractivity contribution in [2.75, 3.05) is 13.1 Å². The standard InChI is InChI=1S/C17H25N/c1-12(2)10-18-11-16-9-17(16)15-5-3-4-14(8-15)13-6-7-13/h3-5,8,12-13,16-18H,6-7,9-11H2,1-2H3. The highest BCUT2D eigenvalue weighted by Gasteiger charge is 2.38. The summed E-state index contributed by atoms with van der Waals surface area (Å²) in [5.41, 5.74) is 3.18. The second-order valence-corrected chi connectivity index (χ2v) is 6.60. The van der Waals surface area contributed by atoms with Gasteiger partial charge < -0.3 is 5.32 Å². The number of rotatable bonds is 6. The topological polar surface area (TPSA) is 12.0 Å². The molecular formula is C17H25N. The predicted molar refractivity (Wildman–Crippen MR) is 77.0 cm³/mol. The van der Waals surface area contributed by atoms with E-state index >= 15 is 0 Å². The van der Waals surface area contributed by atoms with Crippen LogP contribution in [0.2, 0.25) is 0 Å². The maximum absolute atomic E-state index is 3.60. The lowest BCUT2D eigenvalue weighted by molar-refractivity contribution is 0.532. The van der Waals surface area contributed by atoms with Crippen LogP contribution in [-0.2, 0) is 0 Å². The summed E-state index contributed by atoms with van der Waals surface area (Å²) in [6, 6.07) is 9.39. The Morgan fingerprint density at radius 1 is 1.22 bits per heavy atom. The van der Waals surface area contributed by atoms with Crippen molar-refractivity contribution < 1.29 is 0 Å². The van der Waals surface area contributed by atoms with Gasteiger partial charge in [0.15, 0.2) is 0 Å². The van der Waals surface area contributed by atoms with Crippen LogP contribution in [0.3, 0.4) is 0 Å². The maximum atomic E-state index is 3.60. The van der Waals surface area contributed by atoms with Gasteiger partial charge in [-0.2, -0.15) is 0 Å². The molecule has 2 aliphatic carbocycles. The fourth-order valence-corrected chi connectivity index (χ4v) is 2.90. The summed E-state index contributed by atoms with van der Waals surface area (Å²) in [4.78, 5) is 0. The van der Waals surface area contributed by atoms with Gasteiger partial charge in [-0.15, -0.1) is 0 Å². The van der Waals surface area contributed by atoms with Crippen LogP contribution in [0.25, 0.3) is 0 Å². The normalized spacial score (nSPS) is 26.6. The molecule has 1 heteroatoms. The van der Waals surface area contributed by atoms with Crippen LogP contribution < -0.4 is 5.32 Å². The van der Waals surface area contributed by atoms with Crippen LogP contribution in [0.15, 0.2) is 24.3 Å². The van der Waals surface area contributed by atoms with Crippen LogP contribution in [0, 0.1) is 11.8 Å². The van der Waals surface area contributed by atoms with Gasteiger partial charge in [0.1, 0.15) is 0 Å². The highest BCUT2D eigenvalue weighted by Crippen LogP contribution is 2.48. The molecule has 0 saturated heterocycles. The van der Waals surface area contributed by atoms with Crippen LogP contribution in [0.5, 0.6) is 0 Å². The molecule has 1 N–H and O–H groups in total. The summed E-state index contributed by atoms with van der Waals surface area (Å²) >= 11 is 0. The van der Waals surface area contributed by atoms with Crippen molar-refractivity contribution in [1.82, 2.24) is 5.32 Å². The summed E-state index contributed by atoms with van der Waals surface area (Å²) in [6.45, 7) is 6.91. The fourth-order valence-electron chi connectivity index (χ4n) is 2.90. The van der Waals surface area contributed by atoms with Gasteiger partial charge in [0.2, 0.25) is 0 Å². The van der Waals surface area contributed by atoms with Crippen molar-refractivity contribution in [3.05, 3.63) is 35.4 Å². The molecule has 2 unspecified atom stereocenters. The summed E-state index contributed by atoms with van der Waals surface area (Å²) in [7, 11) is 0. The van der Waals surface area contributed by atoms with E-state index in [0.717, 1.165) is 30.2 Å². The summed E-state index contributed by atoms with van der Waals surface area (Å²) < 4.78 is 0. The molecule has 1 nitrogen and oxygen atoms in total. The number of hydrogen-bond donors (Lipinski definition) is 1. The van der Waals surface area contributed by atoms with Gasteiger partial charge >= 0.3 is 0 Å². The minimum Gasteiger partial charge on any atom is -0.316 e. The smallest absolute Gasteiger partial charge is 0.00143 e. The van der Waals surface area contributed by atoms with Crippen LogP contribution in [-0.4, -0.2) is 13.1 Å². The molecule has 18 heavy (non-hydrogen) atoms. The van der Waals surface area contributed by atoms with E-state index in [9.17, 15) is 0 Å². The van der Waals surface area contributed by atoms with Crippen molar-refractivity contribution in [3.63, 3.8) is 0 Å². The summed E-state index contributed by atoms with van der Waals surface area (Å²) in [5, 5.41) is 3.60. The zero-order chi connectivity index (χ0) is 12.5. The minimum atomic E-state index is 0.764. The lowest BCUT2D eigenvalue weighted by Gasteiger charge is -2.07. The molecule has 1 aromatic carbocycles. The van der Waals surface area contributed by atoms with Crippen LogP contribution in [0.1, 0.15) is 56.1 Å². The Morgan fingerprint density at radius 2 is 2.00 bits per heavy atom. The van der Waals surface area contributed by atoms with Gasteiger partial charge in [-0.3, -0.25) is 0 Å². The monoisotopic (exact) mass is 243 g/mol. The van der Waals surface area contributed by atoms with E-state index < -0.39 is 0 Å². The summed E-state index contributed by atoms with van der Waals surface area (Å²) in [5.74, 6) is 3.38. The zero-order valence-corrected chi connectivity index (χ0v) is 11.7. The van der Waals surface area contributed by atoms with E-state index in [1.54, 1.807) is 11.1 Å². The van der Waals surface area contributed by atoms with Crippen molar-refractivity contribution in [2.45, 2.75) is 44.9 Å². The van der Waals surface area contributed by atoms with Crippen molar-refractivity contribution in [3.8, 4) is 0 Å². The lowest BCUT2D eigenvalue weighted by atomic mass is 10.0. The average Bonchev–Trinajstić information content (AvgIpc) is 3.23. The molecule has 0 bridgehead atoms. The first-order valence-corrected chi connectivity index (χ1v) is 7.54. The van der Waals surface area contributed by atoms with Gasteiger partial charge in [-0.05, 0) is 67.2 Å². The Morgan fingerprint density at radius 3 is 2.72 bits per heavy atom. The third-order valence-corrected chi connectivity index (χ3v) is 4.27. The van der Waals surface area contributed by atoms with Gasteiger partial charge in [0, 0.05) is 0 Å². The first-order valence-electron chi connectivity index (χ1n) is 7.54. The molecule has 2 fully saturated rings. The Hall–Kier alpha value is -0.820. The van der Waals surface area contributed by atoms with Crippen molar-refractivity contribution >= 4 is 0 Å². The molecule has 0 aromatic heterocycles. The SMILES string of the molecule is CC(C)CNCC1CC1c1cccc(C2CC2)c1. The van der Waals surface area contributed by atoms with Gasteiger partial charge in [-0.1, -0.05) is 38.1 Å². The van der Waals surface area contributed by atoms with Crippen LogP contribution >= 0.6 is 0 Å². The second kappa shape index (κ2) is 5.05. The Kier molecular flexibility index (Phi) is 3.43. The number of nitrogens with one attached hydrogen (secondary N) is 1. The van der Waals surface area contributed by atoms with Crippen LogP contribution in [0.4, 0.5) is 0 Å². The quantitative estimate of drug-likeness (QED) is 0.798. The lowest BCUT2D eigenvalue weighted by Crippen LogP contribution is -2.22. The molecule has 2 atom stereocenters. The maximum Gasteiger partial charge on any atom is -0.00143 e. The largest absolute Gasteiger partial charge is 0.316 e. The predicted octanol–water partition coefficient (Wildman–Crippen LogP) is 3.91. The first-order chi connectivity index (χ1) is 8.74. The Balaban J connectivity index is 1.52. The second-order valence-electron chi connectivity index (χ2n) is 6.60. The van der Waals surface area contributed by atoms with Gasteiger partial charge in [0.05, 0.1) is 0 Å². The van der Waals surface area contributed by atoms with E-state index in [0.29, 0.717) is 0 Å². The van der Waals surface area contributed by atoms with Gasteiger partial charge in [-0.25, -0.2) is 0 Å². The third kappa shape index (κ3) is 2.95. The zero-order valence-electron chi connectivity index (χ0n) is 11.7. The van der Waals surface area contributed by atoms with Crippen molar-refractivity contribution in [2.24, 2.45) is 11.8 Å². The summed E-state index contributed by atoms with van der Waals surface area (Å²) in [6.07, 6.45) is 4.21. The molecule has 2 saturated carbocycles. The molecule has 0 aliphatic heterocycles. The number of benzene rings is 1. The van der Waals surface area contributed by atoms with E-state index in [4.69, 9.17) is 0 Å². The highest BCUT2D eigenvalue weighted by molar-refractivity contribution is 5.34. The molecule has 0 heterocycles. The third-order valence-electron chi connectivity index (χ3n) is 4.27. The van der Waals surface area contributed by atoms with E-state index in [-0.39, 0.29) is 0 Å². The number of hydrogen-bond acceptors (Lipinski definition) is 1. The van der Waals surface area contributed by atoms with E-state index in [1.807, 2.05) is 0 Å².